The molecule has 2 heterocycles. The second kappa shape index (κ2) is 3.97. The number of rotatable bonds is 2. The highest BCUT2D eigenvalue weighted by molar-refractivity contribution is 6.29. The molecule has 0 amide bonds. The highest BCUT2D eigenvalue weighted by atomic mass is 35.5. The molecule has 0 radical (unpaired) electrons. The average Bonchev–Trinajstić information content (AvgIpc) is 2.23. The summed E-state index contributed by atoms with van der Waals surface area (Å²) in [7, 11) is 0. The summed E-state index contributed by atoms with van der Waals surface area (Å²) in [5, 5.41) is 10.8. The first-order valence-electron chi connectivity index (χ1n) is 3.87. The first-order chi connectivity index (χ1) is 6.84. The Bertz CT molecular complexity index is 402. The molecule has 0 aliphatic carbocycles. The van der Waals surface area contributed by atoms with Crippen molar-refractivity contribution in [3.63, 3.8) is 0 Å². The van der Waals surface area contributed by atoms with E-state index in [2.05, 4.69) is 25.5 Å². The lowest BCUT2D eigenvalue weighted by molar-refractivity contribution is 1.03. The fraction of sp³-hybridized carbons (Fsp3) is 0. The Hall–Kier alpha value is -1.75. The summed E-state index contributed by atoms with van der Waals surface area (Å²) in [6.07, 6.45) is 4.78. The van der Waals surface area contributed by atoms with Crippen LogP contribution in [-0.2, 0) is 0 Å². The average molecular weight is 208 g/mol. The number of hydrogen-bond donors (Lipinski definition) is 1. The molecule has 0 spiro atoms. The van der Waals surface area contributed by atoms with Crippen LogP contribution in [0.1, 0.15) is 0 Å². The fourth-order valence-electron chi connectivity index (χ4n) is 0.878. The standard InChI is InChI=1S/C8H6ClN5/c9-6-1-2-7(14-13-6)12-8-5-10-3-4-11-8/h1-5H,(H,11,12,14). The molecular formula is C8H6ClN5. The quantitative estimate of drug-likeness (QED) is 0.812. The highest BCUT2D eigenvalue weighted by Gasteiger charge is 1.96. The van der Waals surface area contributed by atoms with Crippen LogP contribution in [0.15, 0.2) is 30.7 Å². The molecule has 5 nitrogen and oxygen atoms in total. The summed E-state index contributed by atoms with van der Waals surface area (Å²) in [5.41, 5.74) is 0. The van der Waals surface area contributed by atoms with Crippen LogP contribution in [0.5, 0.6) is 0 Å². The van der Waals surface area contributed by atoms with E-state index in [-0.39, 0.29) is 0 Å². The number of nitrogens with zero attached hydrogens (tertiary/aromatic N) is 4. The molecule has 2 rings (SSSR count). The number of nitrogens with one attached hydrogen (secondary N) is 1. The molecule has 0 atom stereocenters. The lowest BCUT2D eigenvalue weighted by Crippen LogP contribution is -1.97. The van der Waals surface area contributed by atoms with Crippen LogP contribution in [0.4, 0.5) is 11.6 Å². The minimum absolute atomic E-state index is 0.356. The van der Waals surface area contributed by atoms with Gasteiger partial charge in [0.25, 0.3) is 0 Å². The predicted octanol–water partition coefficient (Wildman–Crippen LogP) is 1.66. The summed E-state index contributed by atoms with van der Waals surface area (Å²) in [4.78, 5) is 7.92. The van der Waals surface area contributed by atoms with E-state index in [1.165, 1.54) is 0 Å². The topological polar surface area (TPSA) is 63.6 Å². The zero-order valence-corrected chi connectivity index (χ0v) is 7.81. The van der Waals surface area contributed by atoms with Crippen LogP contribution in [0.2, 0.25) is 5.15 Å². The van der Waals surface area contributed by atoms with Gasteiger partial charge >= 0.3 is 0 Å². The summed E-state index contributed by atoms with van der Waals surface area (Å²) in [6, 6.07) is 3.36. The van der Waals surface area contributed by atoms with Crippen LogP contribution in [0.3, 0.4) is 0 Å². The fourth-order valence-corrected chi connectivity index (χ4v) is 0.978. The van der Waals surface area contributed by atoms with Crippen LogP contribution in [-0.4, -0.2) is 20.2 Å². The summed E-state index contributed by atoms with van der Waals surface area (Å²) in [6.45, 7) is 0. The molecule has 0 saturated carbocycles. The van der Waals surface area contributed by atoms with Crippen molar-refractivity contribution in [3.8, 4) is 0 Å². The number of halogens is 1. The zero-order chi connectivity index (χ0) is 9.80. The van der Waals surface area contributed by atoms with Gasteiger partial charge in [0.15, 0.2) is 11.0 Å². The van der Waals surface area contributed by atoms with E-state index in [0.29, 0.717) is 16.8 Å². The molecule has 0 aliphatic heterocycles. The Kier molecular flexibility index (Phi) is 2.51. The van der Waals surface area contributed by atoms with E-state index in [4.69, 9.17) is 11.6 Å². The summed E-state index contributed by atoms with van der Waals surface area (Å²) in [5.74, 6) is 1.19. The van der Waals surface area contributed by atoms with Gasteiger partial charge in [-0.25, -0.2) is 4.98 Å². The van der Waals surface area contributed by atoms with Crippen LogP contribution < -0.4 is 5.32 Å². The van der Waals surface area contributed by atoms with E-state index < -0.39 is 0 Å². The summed E-state index contributed by atoms with van der Waals surface area (Å²) < 4.78 is 0. The molecule has 0 fully saturated rings. The van der Waals surface area contributed by atoms with Gasteiger partial charge in [-0.3, -0.25) is 4.98 Å². The van der Waals surface area contributed by atoms with Crippen molar-refractivity contribution in [1.29, 1.82) is 0 Å². The molecule has 0 saturated heterocycles. The predicted molar refractivity (Wildman–Crippen MR) is 52.4 cm³/mol. The first-order valence-corrected chi connectivity index (χ1v) is 4.25. The van der Waals surface area contributed by atoms with Gasteiger partial charge in [0.05, 0.1) is 6.20 Å². The van der Waals surface area contributed by atoms with Crippen molar-refractivity contribution in [3.05, 3.63) is 35.9 Å². The van der Waals surface area contributed by atoms with Gasteiger partial charge < -0.3 is 5.32 Å². The van der Waals surface area contributed by atoms with Crippen LogP contribution >= 0.6 is 11.6 Å². The van der Waals surface area contributed by atoms with Crippen molar-refractivity contribution >= 4 is 23.2 Å². The van der Waals surface area contributed by atoms with Gasteiger partial charge in [-0.05, 0) is 12.1 Å². The Morgan fingerprint density at radius 3 is 2.64 bits per heavy atom. The maximum Gasteiger partial charge on any atom is 0.154 e. The number of aromatic nitrogens is 4. The maximum atomic E-state index is 5.59. The van der Waals surface area contributed by atoms with E-state index in [1.54, 1.807) is 30.7 Å². The van der Waals surface area contributed by atoms with E-state index >= 15 is 0 Å². The summed E-state index contributed by atoms with van der Waals surface area (Å²) >= 11 is 5.59. The lowest BCUT2D eigenvalue weighted by Gasteiger charge is -2.01. The molecule has 70 valence electrons. The van der Waals surface area contributed by atoms with Gasteiger partial charge in [0.2, 0.25) is 0 Å². The molecule has 2 aromatic heterocycles. The van der Waals surface area contributed by atoms with E-state index in [9.17, 15) is 0 Å². The van der Waals surface area contributed by atoms with Gasteiger partial charge in [-0.1, -0.05) is 11.6 Å². The largest absolute Gasteiger partial charge is 0.322 e. The van der Waals surface area contributed by atoms with Gasteiger partial charge in [0.1, 0.15) is 5.82 Å². The Morgan fingerprint density at radius 1 is 1.07 bits per heavy atom. The Balaban J connectivity index is 2.16. The molecule has 1 N–H and O–H groups in total. The molecule has 6 heteroatoms. The third kappa shape index (κ3) is 2.14. The van der Waals surface area contributed by atoms with Crippen molar-refractivity contribution in [2.45, 2.75) is 0 Å². The van der Waals surface area contributed by atoms with Gasteiger partial charge in [-0.2, -0.15) is 0 Å². The normalized spacial score (nSPS) is 9.79. The lowest BCUT2D eigenvalue weighted by atomic mass is 10.5. The molecule has 2 aromatic rings. The van der Waals surface area contributed by atoms with Crippen molar-refractivity contribution in [2.75, 3.05) is 5.32 Å². The van der Waals surface area contributed by atoms with Crippen molar-refractivity contribution in [2.24, 2.45) is 0 Å². The van der Waals surface area contributed by atoms with E-state index in [1.807, 2.05) is 0 Å². The Morgan fingerprint density at radius 2 is 2.00 bits per heavy atom. The van der Waals surface area contributed by atoms with Gasteiger partial charge in [-0.15, -0.1) is 10.2 Å². The maximum absolute atomic E-state index is 5.59. The smallest absolute Gasteiger partial charge is 0.154 e. The van der Waals surface area contributed by atoms with Crippen LogP contribution in [0.25, 0.3) is 0 Å². The van der Waals surface area contributed by atoms with Crippen molar-refractivity contribution in [1.82, 2.24) is 20.2 Å². The molecule has 0 unspecified atom stereocenters. The first kappa shape index (κ1) is 8.83. The molecule has 0 bridgehead atoms. The van der Waals surface area contributed by atoms with Crippen molar-refractivity contribution < 1.29 is 0 Å². The SMILES string of the molecule is Clc1ccc(Nc2cnccn2)nn1. The highest BCUT2D eigenvalue weighted by Crippen LogP contribution is 2.10. The second-order valence-electron chi connectivity index (χ2n) is 2.46. The molecule has 0 aliphatic rings. The van der Waals surface area contributed by atoms with Gasteiger partial charge in [0, 0.05) is 12.4 Å². The Labute approximate surface area is 85.2 Å². The number of anilines is 2. The third-order valence-corrected chi connectivity index (χ3v) is 1.65. The minimum Gasteiger partial charge on any atom is -0.322 e. The molecular weight excluding hydrogens is 202 g/mol. The third-order valence-electron chi connectivity index (χ3n) is 1.45. The number of hydrogen-bond acceptors (Lipinski definition) is 5. The monoisotopic (exact) mass is 207 g/mol. The molecule has 0 aromatic carbocycles. The molecule has 14 heavy (non-hydrogen) atoms. The van der Waals surface area contributed by atoms with E-state index in [0.717, 1.165) is 0 Å². The zero-order valence-electron chi connectivity index (χ0n) is 7.05. The minimum atomic E-state index is 0.356. The van der Waals surface area contributed by atoms with Crippen LogP contribution in [0, 0.1) is 0 Å². The second-order valence-corrected chi connectivity index (χ2v) is 2.84.